The lowest BCUT2D eigenvalue weighted by molar-refractivity contribution is -0.129. The Morgan fingerprint density at radius 1 is 1.29 bits per heavy atom. The number of thioether (sulfide) groups is 1. The summed E-state index contributed by atoms with van der Waals surface area (Å²) in [4.78, 5) is 23.0. The van der Waals surface area contributed by atoms with Crippen molar-refractivity contribution in [2.45, 2.75) is 17.9 Å². The lowest BCUT2D eigenvalue weighted by Crippen LogP contribution is -2.36. The summed E-state index contributed by atoms with van der Waals surface area (Å²) < 4.78 is 0. The molecule has 0 unspecified atom stereocenters. The number of H-pyrrole nitrogens is 1. The van der Waals surface area contributed by atoms with Crippen LogP contribution in [0.3, 0.4) is 0 Å². The van der Waals surface area contributed by atoms with Crippen LogP contribution in [0.25, 0.3) is 10.9 Å². The van der Waals surface area contributed by atoms with Crippen molar-refractivity contribution in [2.75, 3.05) is 12.3 Å². The number of halogens is 1. The minimum atomic E-state index is 0.166. The van der Waals surface area contributed by atoms with Crippen LogP contribution in [0.4, 0.5) is 0 Å². The van der Waals surface area contributed by atoms with Gasteiger partial charge in [0.2, 0.25) is 5.91 Å². The number of aromatic amines is 1. The molecule has 4 nitrogen and oxygen atoms in total. The molecule has 24 heavy (non-hydrogen) atoms. The molecular weight excluding hydrogens is 342 g/mol. The maximum atomic E-state index is 12.6. The van der Waals surface area contributed by atoms with Gasteiger partial charge in [0.15, 0.2) is 0 Å². The number of benzene rings is 1. The molecule has 6 heteroatoms. The zero-order chi connectivity index (χ0) is 16.5. The van der Waals surface area contributed by atoms with Gasteiger partial charge in [0.05, 0.1) is 5.75 Å². The van der Waals surface area contributed by atoms with Gasteiger partial charge < -0.3 is 9.88 Å². The number of amides is 1. The Morgan fingerprint density at radius 3 is 2.96 bits per heavy atom. The van der Waals surface area contributed by atoms with Crippen molar-refractivity contribution in [1.29, 1.82) is 0 Å². The molecule has 2 aromatic heterocycles. The lowest BCUT2D eigenvalue weighted by atomic mass is 10.0. The number of nitrogens with one attached hydrogen (secondary N) is 1. The highest BCUT2D eigenvalue weighted by atomic mass is 35.5. The van der Waals surface area contributed by atoms with Crippen LogP contribution in [0.1, 0.15) is 11.3 Å². The van der Waals surface area contributed by atoms with E-state index >= 15 is 0 Å². The molecule has 4 rings (SSSR count). The van der Waals surface area contributed by atoms with E-state index in [4.69, 9.17) is 11.6 Å². The summed E-state index contributed by atoms with van der Waals surface area (Å²) in [7, 11) is 0. The summed E-state index contributed by atoms with van der Waals surface area (Å²) in [5.74, 6) is 0.612. The Balaban J connectivity index is 1.50. The normalized spacial score (nSPS) is 14.0. The quantitative estimate of drug-likeness (QED) is 0.723. The monoisotopic (exact) mass is 357 g/mol. The third-order valence-electron chi connectivity index (χ3n) is 4.30. The summed E-state index contributed by atoms with van der Waals surface area (Å²) in [5, 5.41) is 1.85. The van der Waals surface area contributed by atoms with Gasteiger partial charge in [-0.05, 0) is 30.3 Å². The maximum Gasteiger partial charge on any atom is 0.233 e. The van der Waals surface area contributed by atoms with E-state index in [0.29, 0.717) is 12.3 Å². The first-order valence-corrected chi connectivity index (χ1v) is 9.16. The van der Waals surface area contributed by atoms with E-state index in [1.54, 1.807) is 24.2 Å². The number of carbonyl (C=O) groups excluding carboxylic acids is 1. The van der Waals surface area contributed by atoms with E-state index in [9.17, 15) is 4.79 Å². The second-order valence-electron chi connectivity index (χ2n) is 5.81. The number of carbonyl (C=O) groups is 1. The summed E-state index contributed by atoms with van der Waals surface area (Å²) in [6.45, 7) is 1.40. The van der Waals surface area contributed by atoms with Crippen molar-refractivity contribution in [3.05, 3.63) is 59.0 Å². The molecule has 3 heterocycles. The number of hydrogen-bond acceptors (Lipinski definition) is 3. The van der Waals surface area contributed by atoms with Crippen LogP contribution < -0.4 is 0 Å². The first kappa shape index (κ1) is 15.5. The molecule has 0 atom stereocenters. The number of aromatic nitrogens is 2. The van der Waals surface area contributed by atoms with E-state index in [1.165, 1.54) is 11.3 Å². The molecule has 1 aliphatic heterocycles. The van der Waals surface area contributed by atoms with Crippen molar-refractivity contribution < 1.29 is 4.79 Å². The number of fused-ring (bicyclic) bond motifs is 3. The standard InChI is InChI=1S/C18H16ClN3OS/c19-12-1-2-16-14(9-12)15-10-22(8-5-17(15)21-16)18(23)11-24-13-3-6-20-7-4-13/h1-4,6-7,9,21H,5,8,10-11H2. The van der Waals surface area contributed by atoms with Crippen molar-refractivity contribution in [2.24, 2.45) is 0 Å². The highest BCUT2D eigenvalue weighted by Crippen LogP contribution is 2.30. The molecule has 0 spiro atoms. The molecule has 0 aliphatic carbocycles. The van der Waals surface area contributed by atoms with Crippen LogP contribution in [0.5, 0.6) is 0 Å². The Hall–Kier alpha value is -1.98. The Labute approximate surface area is 149 Å². The summed E-state index contributed by atoms with van der Waals surface area (Å²) in [6.07, 6.45) is 4.35. The molecule has 1 aliphatic rings. The number of nitrogens with zero attached hydrogens (tertiary/aromatic N) is 2. The number of pyridine rings is 1. The average molecular weight is 358 g/mol. The van der Waals surface area contributed by atoms with E-state index in [2.05, 4.69) is 9.97 Å². The average Bonchev–Trinajstić information content (AvgIpc) is 2.97. The third-order valence-corrected chi connectivity index (χ3v) is 5.53. The first-order chi connectivity index (χ1) is 11.7. The Kier molecular flexibility index (Phi) is 4.21. The fourth-order valence-electron chi connectivity index (χ4n) is 3.07. The van der Waals surface area contributed by atoms with Gasteiger partial charge in [-0.25, -0.2) is 0 Å². The molecule has 0 radical (unpaired) electrons. The van der Waals surface area contributed by atoms with Crippen molar-refractivity contribution in [3.63, 3.8) is 0 Å². The number of hydrogen-bond donors (Lipinski definition) is 1. The molecule has 0 bridgehead atoms. The van der Waals surface area contributed by atoms with Gasteiger partial charge in [-0.2, -0.15) is 0 Å². The summed E-state index contributed by atoms with van der Waals surface area (Å²) in [6, 6.07) is 9.72. The second kappa shape index (κ2) is 6.49. The molecule has 1 amide bonds. The lowest BCUT2D eigenvalue weighted by Gasteiger charge is -2.27. The number of rotatable bonds is 3. The van der Waals surface area contributed by atoms with Crippen LogP contribution in [-0.4, -0.2) is 33.1 Å². The highest BCUT2D eigenvalue weighted by Gasteiger charge is 2.24. The van der Waals surface area contributed by atoms with Crippen LogP contribution in [0.15, 0.2) is 47.6 Å². The fraction of sp³-hybridized carbons (Fsp3) is 0.222. The van der Waals surface area contributed by atoms with Crippen molar-refractivity contribution in [1.82, 2.24) is 14.9 Å². The summed E-state index contributed by atoms with van der Waals surface area (Å²) in [5.41, 5.74) is 3.50. The Morgan fingerprint density at radius 2 is 2.12 bits per heavy atom. The van der Waals surface area contributed by atoms with Crippen LogP contribution in [0, 0.1) is 0 Å². The van der Waals surface area contributed by atoms with Gasteiger partial charge >= 0.3 is 0 Å². The van der Waals surface area contributed by atoms with Gasteiger partial charge in [-0.1, -0.05) is 11.6 Å². The molecule has 1 aromatic carbocycles. The second-order valence-corrected chi connectivity index (χ2v) is 7.29. The van der Waals surface area contributed by atoms with E-state index < -0.39 is 0 Å². The van der Waals surface area contributed by atoms with Gasteiger partial charge in [0.25, 0.3) is 0 Å². The largest absolute Gasteiger partial charge is 0.358 e. The molecule has 0 saturated heterocycles. The fourth-order valence-corrected chi connectivity index (χ4v) is 4.03. The summed E-state index contributed by atoms with van der Waals surface area (Å²) >= 11 is 7.68. The minimum Gasteiger partial charge on any atom is -0.358 e. The van der Waals surface area contributed by atoms with E-state index in [-0.39, 0.29) is 5.91 Å². The predicted octanol–water partition coefficient (Wildman–Crippen LogP) is 3.89. The SMILES string of the molecule is O=C(CSc1ccncc1)N1CCc2[nH]c3ccc(Cl)cc3c2C1. The van der Waals surface area contributed by atoms with Gasteiger partial charge in [-0.3, -0.25) is 9.78 Å². The predicted molar refractivity (Wildman–Crippen MR) is 97.4 cm³/mol. The first-order valence-electron chi connectivity index (χ1n) is 7.80. The molecule has 1 N–H and O–H groups in total. The molecule has 122 valence electrons. The van der Waals surface area contributed by atoms with Gasteiger partial charge in [0.1, 0.15) is 0 Å². The molecular formula is C18H16ClN3OS. The molecule has 0 saturated carbocycles. The van der Waals surface area contributed by atoms with E-state index in [0.717, 1.165) is 33.8 Å². The van der Waals surface area contributed by atoms with Crippen LogP contribution in [-0.2, 0) is 17.8 Å². The zero-order valence-corrected chi connectivity index (χ0v) is 14.5. The molecule has 0 fully saturated rings. The van der Waals surface area contributed by atoms with Gasteiger partial charge in [-0.15, -0.1) is 11.8 Å². The van der Waals surface area contributed by atoms with E-state index in [1.807, 2.05) is 35.2 Å². The van der Waals surface area contributed by atoms with Crippen LogP contribution >= 0.6 is 23.4 Å². The van der Waals surface area contributed by atoms with Gasteiger partial charge in [0, 0.05) is 64.0 Å². The zero-order valence-electron chi connectivity index (χ0n) is 13.0. The van der Waals surface area contributed by atoms with Crippen molar-refractivity contribution in [3.8, 4) is 0 Å². The maximum absolute atomic E-state index is 12.6. The van der Waals surface area contributed by atoms with Crippen LogP contribution in [0.2, 0.25) is 5.02 Å². The highest BCUT2D eigenvalue weighted by molar-refractivity contribution is 8.00. The smallest absolute Gasteiger partial charge is 0.233 e. The minimum absolute atomic E-state index is 0.166. The third kappa shape index (κ3) is 3.01. The molecule has 3 aromatic rings. The van der Waals surface area contributed by atoms with Crippen molar-refractivity contribution >= 4 is 40.2 Å². The topological polar surface area (TPSA) is 49.0 Å². The Bertz CT molecular complexity index is 894.